The lowest BCUT2D eigenvalue weighted by Gasteiger charge is -2.29. The van der Waals surface area contributed by atoms with Crippen molar-refractivity contribution in [1.82, 2.24) is 9.71 Å². The van der Waals surface area contributed by atoms with Crippen molar-refractivity contribution in [2.24, 2.45) is 0 Å². The Morgan fingerprint density at radius 1 is 1.23 bits per heavy atom. The second kappa shape index (κ2) is 6.75. The van der Waals surface area contributed by atoms with Gasteiger partial charge in [0.2, 0.25) is 0 Å². The fourth-order valence-electron chi connectivity index (χ4n) is 2.71. The van der Waals surface area contributed by atoms with Crippen LogP contribution in [0.25, 0.3) is 0 Å². The van der Waals surface area contributed by atoms with Gasteiger partial charge in [-0.1, -0.05) is 25.7 Å². The highest BCUT2D eigenvalue weighted by Gasteiger charge is 2.40. The summed E-state index contributed by atoms with van der Waals surface area (Å²) in [5.74, 6) is -0.586. The highest BCUT2D eigenvalue weighted by Crippen LogP contribution is 2.30. The number of carbonyl (C=O) groups is 1. The van der Waals surface area contributed by atoms with Crippen LogP contribution in [-0.4, -0.2) is 32.0 Å². The van der Waals surface area contributed by atoms with E-state index >= 15 is 0 Å². The lowest BCUT2D eigenvalue weighted by Crippen LogP contribution is -2.49. The Bertz CT molecular complexity index is 617. The van der Waals surface area contributed by atoms with E-state index in [2.05, 4.69) is 9.71 Å². The Morgan fingerprint density at radius 3 is 2.36 bits per heavy atom. The Balaban J connectivity index is 2.20. The van der Waals surface area contributed by atoms with Crippen LogP contribution in [0.2, 0.25) is 0 Å². The molecule has 0 bridgehead atoms. The van der Waals surface area contributed by atoms with Crippen LogP contribution in [0.15, 0.2) is 23.2 Å². The van der Waals surface area contributed by atoms with Gasteiger partial charge in [-0.25, -0.2) is 13.1 Å². The monoisotopic (exact) mass is 326 g/mol. The standard InChI is InChI=1S/C15H22N2O4S/c1-12-7-8-13(11-16-12)22(19,20)17-14(18)15(21-2)9-5-3-4-6-10-15/h7-8,11H,3-6,9-10H2,1-2H3,(H,17,18). The minimum Gasteiger partial charge on any atom is -0.368 e. The van der Waals surface area contributed by atoms with Gasteiger partial charge < -0.3 is 4.74 Å². The van der Waals surface area contributed by atoms with Crippen LogP contribution in [0.4, 0.5) is 0 Å². The molecule has 1 N–H and O–H groups in total. The number of nitrogens with one attached hydrogen (secondary N) is 1. The maximum absolute atomic E-state index is 12.5. The van der Waals surface area contributed by atoms with Gasteiger partial charge in [-0.05, 0) is 31.9 Å². The summed E-state index contributed by atoms with van der Waals surface area (Å²) >= 11 is 0. The van der Waals surface area contributed by atoms with E-state index < -0.39 is 21.5 Å². The molecule has 1 heterocycles. The quantitative estimate of drug-likeness (QED) is 0.855. The molecule has 1 amide bonds. The summed E-state index contributed by atoms with van der Waals surface area (Å²) in [6.45, 7) is 1.76. The van der Waals surface area contributed by atoms with Crippen LogP contribution in [0, 0.1) is 6.92 Å². The molecule has 1 aromatic rings. The summed E-state index contributed by atoms with van der Waals surface area (Å²) in [7, 11) is -2.46. The van der Waals surface area contributed by atoms with Crippen LogP contribution in [0.5, 0.6) is 0 Å². The summed E-state index contributed by atoms with van der Waals surface area (Å²) < 4.78 is 32.2. The molecule has 1 saturated carbocycles. The fraction of sp³-hybridized carbons (Fsp3) is 0.600. The first kappa shape index (κ1) is 16.9. The Hall–Kier alpha value is -1.47. The summed E-state index contributed by atoms with van der Waals surface area (Å²) in [6.07, 6.45) is 6.10. The molecule has 2 rings (SSSR count). The van der Waals surface area contributed by atoms with Crippen molar-refractivity contribution in [3.05, 3.63) is 24.0 Å². The molecule has 0 spiro atoms. The zero-order valence-corrected chi connectivity index (χ0v) is 13.8. The van der Waals surface area contributed by atoms with Gasteiger partial charge in [0.25, 0.3) is 15.9 Å². The summed E-state index contributed by atoms with van der Waals surface area (Å²) in [5.41, 5.74) is -0.343. The molecule has 0 aromatic carbocycles. The zero-order chi connectivity index (χ0) is 16.2. The average Bonchev–Trinajstić information content (AvgIpc) is 2.73. The van der Waals surface area contributed by atoms with Crippen molar-refractivity contribution >= 4 is 15.9 Å². The number of rotatable bonds is 4. The number of pyridine rings is 1. The molecule has 0 saturated heterocycles. The topological polar surface area (TPSA) is 85.4 Å². The Kier molecular flexibility index (Phi) is 5.18. The number of hydrogen-bond donors (Lipinski definition) is 1. The molecule has 22 heavy (non-hydrogen) atoms. The predicted molar refractivity (Wildman–Crippen MR) is 81.7 cm³/mol. The van der Waals surface area contributed by atoms with Crippen LogP contribution >= 0.6 is 0 Å². The van der Waals surface area contributed by atoms with Crippen molar-refractivity contribution in [3.8, 4) is 0 Å². The summed E-state index contributed by atoms with van der Waals surface area (Å²) in [5, 5.41) is 0. The van der Waals surface area contributed by atoms with Crippen LogP contribution in [0.1, 0.15) is 44.2 Å². The molecule has 6 nitrogen and oxygen atoms in total. The van der Waals surface area contributed by atoms with Gasteiger partial charge in [0, 0.05) is 19.0 Å². The maximum atomic E-state index is 12.5. The number of aryl methyl sites for hydroxylation is 1. The maximum Gasteiger partial charge on any atom is 0.265 e. The van der Waals surface area contributed by atoms with Crippen molar-refractivity contribution < 1.29 is 17.9 Å². The third-order valence-electron chi connectivity index (χ3n) is 4.14. The van der Waals surface area contributed by atoms with Gasteiger partial charge in [-0.15, -0.1) is 0 Å². The molecular weight excluding hydrogens is 304 g/mol. The second-order valence-electron chi connectivity index (χ2n) is 5.68. The lowest BCUT2D eigenvalue weighted by molar-refractivity contribution is -0.143. The van der Waals surface area contributed by atoms with Crippen molar-refractivity contribution in [2.45, 2.75) is 55.9 Å². The summed E-state index contributed by atoms with van der Waals surface area (Å²) in [6, 6.07) is 3.03. The minimum absolute atomic E-state index is 0.0219. The van der Waals surface area contributed by atoms with Crippen LogP contribution < -0.4 is 4.72 Å². The molecule has 122 valence electrons. The normalized spacial score (nSPS) is 18.5. The zero-order valence-electron chi connectivity index (χ0n) is 13.0. The average molecular weight is 326 g/mol. The first-order chi connectivity index (χ1) is 10.4. The Morgan fingerprint density at radius 2 is 1.86 bits per heavy atom. The number of ether oxygens (including phenoxy) is 1. The molecule has 1 aromatic heterocycles. The van der Waals surface area contributed by atoms with E-state index in [0.717, 1.165) is 25.7 Å². The largest absolute Gasteiger partial charge is 0.368 e. The van der Waals surface area contributed by atoms with Crippen LogP contribution in [-0.2, 0) is 19.6 Å². The van der Waals surface area contributed by atoms with E-state index in [0.29, 0.717) is 18.5 Å². The molecule has 0 atom stereocenters. The second-order valence-corrected chi connectivity index (χ2v) is 7.36. The summed E-state index contributed by atoms with van der Waals surface area (Å²) in [4.78, 5) is 16.5. The number of hydrogen-bond acceptors (Lipinski definition) is 5. The Labute approximate surface area is 131 Å². The van der Waals surface area contributed by atoms with Crippen molar-refractivity contribution in [3.63, 3.8) is 0 Å². The SMILES string of the molecule is COC1(C(=O)NS(=O)(=O)c2ccc(C)nc2)CCCCCC1. The fourth-order valence-corrected chi connectivity index (χ4v) is 3.70. The van der Waals surface area contributed by atoms with E-state index in [1.807, 2.05) is 0 Å². The number of methoxy groups -OCH3 is 1. The van der Waals surface area contributed by atoms with E-state index in [9.17, 15) is 13.2 Å². The molecular formula is C15H22N2O4S. The van der Waals surface area contributed by atoms with Gasteiger partial charge in [0.05, 0.1) is 0 Å². The van der Waals surface area contributed by atoms with Gasteiger partial charge in [0.1, 0.15) is 10.5 Å². The van der Waals surface area contributed by atoms with Gasteiger partial charge in [-0.2, -0.15) is 0 Å². The van der Waals surface area contributed by atoms with Gasteiger partial charge in [-0.3, -0.25) is 9.78 Å². The molecule has 7 heteroatoms. The number of carbonyl (C=O) groups excluding carboxylic acids is 1. The van der Waals surface area contributed by atoms with E-state index in [-0.39, 0.29) is 4.90 Å². The number of aromatic nitrogens is 1. The highest BCUT2D eigenvalue weighted by atomic mass is 32.2. The molecule has 0 unspecified atom stereocenters. The number of amides is 1. The van der Waals surface area contributed by atoms with Crippen molar-refractivity contribution in [2.75, 3.05) is 7.11 Å². The molecule has 1 aliphatic rings. The molecule has 1 aliphatic carbocycles. The van der Waals surface area contributed by atoms with Crippen molar-refractivity contribution in [1.29, 1.82) is 0 Å². The molecule has 0 aliphatic heterocycles. The minimum atomic E-state index is -3.93. The van der Waals surface area contributed by atoms with E-state index in [4.69, 9.17) is 4.74 Å². The molecule has 0 radical (unpaired) electrons. The smallest absolute Gasteiger partial charge is 0.265 e. The molecule has 1 fully saturated rings. The first-order valence-corrected chi connectivity index (χ1v) is 8.93. The van der Waals surface area contributed by atoms with Gasteiger partial charge >= 0.3 is 0 Å². The predicted octanol–water partition coefficient (Wildman–Crippen LogP) is 1.93. The lowest BCUT2D eigenvalue weighted by atomic mass is 9.93. The third-order valence-corrected chi connectivity index (χ3v) is 5.45. The number of nitrogens with zero attached hydrogens (tertiary/aromatic N) is 1. The van der Waals surface area contributed by atoms with Gasteiger partial charge in [0.15, 0.2) is 0 Å². The highest BCUT2D eigenvalue weighted by molar-refractivity contribution is 7.90. The van der Waals surface area contributed by atoms with Crippen LogP contribution in [0.3, 0.4) is 0 Å². The third kappa shape index (κ3) is 3.64. The van der Waals surface area contributed by atoms with E-state index in [1.54, 1.807) is 13.0 Å². The number of sulfonamides is 1. The van der Waals surface area contributed by atoms with E-state index in [1.165, 1.54) is 19.4 Å². The first-order valence-electron chi connectivity index (χ1n) is 7.45.